The summed E-state index contributed by atoms with van der Waals surface area (Å²) in [7, 11) is 4.28. The van der Waals surface area contributed by atoms with Crippen LogP contribution < -0.4 is 5.32 Å². The lowest BCUT2D eigenvalue weighted by atomic mass is 9.85. The SMILES string of the molecule is COC1=C2C[C@@H](C)C[C@H](OC)[C@H](O)[C@@H](C)/C=C(\C)[C@H](O)C(OC)/C=C\C=C(/C)C(=O)NC(=CC1=O)C2=O. The molecule has 0 radical (unpaired) electrons. The molecule has 9 nitrogen and oxygen atoms in total. The number of methoxy groups -OCH3 is 3. The summed E-state index contributed by atoms with van der Waals surface area (Å²) < 4.78 is 16.2. The molecule has 1 unspecified atom stereocenters. The smallest absolute Gasteiger partial charge is 0.251 e. The van der Waals surface area contributed by atoms with Gasteiger partial charge in [0.1, 0.15) is 12.2 Å². The van der Waals surface area contributed by atoms with Crippen molar-refractivity contribution in [3.63, 3.8) is 0 Å². The van der Waals surface area contributed by atoms with Crippen molar-refractivity contribution in [1.82, 2.24) is 5.32 Å². The third-order valence-corrected chi connectivity index (χ3v) is 6.73. The summed E-state index contributed by atoms with van der Waals surface area (Å²) in [6.45, 7) is 7.03. The summed E-state index contributed by atoms with van der Waals surface area (Å²) in [5.41, 5.74) is 0.927. The van der Waals surface area contributed by atoms with E-state index in [1.807, 2.05) is 13.8 Å². The molecule has 2 bridgehead atoms. The summed E-state index contributed by atoms with van der Waals surface area (Å²) in [6.07, 6.45) is 4.96. The van der Waals surface area contributed by atoms with E-state index in [1.165, 1.54) is 27.4 Å². The molecule has 3 N–H and O–H groups in total. The number of nitrogens with one attached hydrogen (secondary N) is 1. The first-order valence-electron chi connectivity index (χ1n) is 12.3. The Morgan fingerprint density at radius 3 is 2.30 bits per heavy atom. The summed E-state index contributed by atoms with van der Waals surface area (Å²) >= 11 is 0. The highest BCUT2D eigenvalue weighted by molar-refractivity contribution is 6.23. The minimum atomic E-state index is -0.979. The molecule has 204 valence electrons. The predicted octanol–water partition coefficient (Wildman–Crippen LogP) is 2.31. The van der Waals surface area contributed by atoms with E-state index < -0.39 is 41.9 Å². The molecule has 0 aromatic carbocycles. The van der Waals surface area contributed by atoms with Crippen LogP contribution in [0.2, 0.25) is 0 Å². The zero-order valence-corrected chi connectivity index (χ0v) is 22.6. The van der Waals surface area contributed by atoms with Gasteiger partial charge in [-0.15, -0.1) is 0 Å². The number of carbonyl (C=O) groups is 3. The molecule has 2 rings (SSSR count). The third kappa shape index (κ3) is 7.58. The van der Waals surface area contributed by atoms with Gasteiger partial charge in [-0.25, -0.2) is 0 Å². The Balaban J connectivity index is 2.53. The predicted molar refractivity (Wildman–Crippen MR) is 138 cm³/mol. The summed E-state index contributed by atoms with van der Waals surface area (Å²) in [6, 6.07) is 0. The third-order valence-electron chi connectivity index (χ3n) is 6.73. The summed E-state index contributed by atoms with van der Waals surface area (Å²) in [5.74, 6) is -2.16. The van der Waals surface area contributed by atoms with Crippen LogP contribution in [-0.2, 0) is 28.6 Å². The molecule has 37 heavy (non-hydrogen) atoms. The van der Waals surface area contributed by atoms with Gasteiger partial charge in [-0.3, -0.25) is 14.4 Å². The Hall–Kier alpha value is -2.85. The summed E-state index contributed by atoms with van der Waals surface area (Å²) in [5, 5.41) is 24.4. The van der Waals surface area contributed by atoms with Crippen LogP contribution in [0.4, 0.5) is 0 Å². The van der Waals surface area contributed by atoms with Gasteiger partial charge in [0.05, 0.1) is 25.0 Å². The lowest BCUT2D eigenvalue weighted by Crippen LogP contribution is -2.36. The number of aliphatic hydroxyl groups excluding tert-OH is 2. The number of amides is 1. The second-order valence-electron chi connectivity index (χ2n) is 9.68. The molecule has 1 aliphatic carbocycles. The first kappa shape index (κ1) is 30.4. The van der Waals surface area contributed by atoms with Crippen molar-refractivity contribution in [1.29, 1.82) is 0 Å². The largest absolute Gasteiger partial charge is 0.492 e. The molecule has 1 heterocycles. The maximum atomic E-state index is 13.3. The second kappa shape index (κ2) is 13.6. The van der Waals surface area contributed by atoms with Crippen LogP contribution in [0.5, 0.6) is 0 Å². The first-order chi connectivity index (χ1) is 17.4. The van der Waals surface area contributed by atoms with Crippen LogP contribution in [0.15, 0.2) is 58.6 Å². The van der Waals surface area contributed by atoms with E-state index in [0.717, 1.165) is 6.08 Å². The molecular weight excluding hydrogens is 478 g/mol. The first-order valence-corrected chi connectivity index (χ1v) is 12.3. The molecule has 0 spiro atoms. The quantitative estimate of drug-likeness (QED) is 0.384. The summed E-state index contributed by atoms with van der Waals surface area (Å²) in [4.78, 5) is 38.7. The number of hydrogen-bond donors (Lipinski definition) is 3. The average Bonchev–Trinajstić information content (AvgIpc) is 2.86. The number of ketones is 2. The molecule has 2 aliphatic rings. The molecule has 0 aromatic rings. The fourth-order valence-corrected chi connectivity index (χ4v) is 4.51. The van der Waals surface area contributed by atoms with Crippen LogP contribution in [0.1, 0.15) is 40.5 Å². The van der Waals surface area contributed by atoms with Crippen molar-refractivity contribution in [3.8, 4) is 0 Å². The van der Waals surface area contributed by atoms with E-state index in [4.69, 9.17) is 14.2 Å². The lowest BCUT2D eigenvalue weighted by Gasteiger charge is -2.29. The molecule has 1 aliphatic heterocycles. The van der Waals surface area contributed by atoms with Crippen molar-refractivity contribution in [2.45, 2.75) is 65.0 Å². The van der Waals surface area contributed by atoms with Gasteiger partial charge in [0.15, 0.2) is 5.76 Å². The monoisotopic (exact) mass is 517 g/mol. The van der Waals surface area contributed by atoms with Crippen molar-refractivity contribution in [3.05, 3.63) is 58.6 Å². The molecule has 9 heteroatoms. The normalized spacial score (nSPS) is 34.6. The van der Waals surface area contributed by atoms with E-state index in [0.29, 0.717) is 12.0 Å². The minimum absolute atomic E-state index is 0.0584. The Morgan fingerprint density at radius 1 is 1.03 bits per heavy atom. The molecule has 6 atom stereocenters. The molecule has 0 saturated heterocycles. The molecular formula is C28H39NO8. The van der Waals surface area contributed by atoms with Crippen LogP contribution in [0.25, 0.3) is 0 Å². The van der Waals surface area contributed by atoms with Crippen molar-refractivity contribution < 1.29 is 38.8 Å². The average molecular weight is 518 g/mol. The van der Waals surface area contributed by atoms with Gasteiger partial charge in [0.25, 0.3) is 5.91 Å². The topological polar surface area (TPSA) is 131 Å². The molecule has 0 fully saturated rings. The van der Waals surface area contributed by atoms with E-state index in [2.05, 4.69) is 5.32 Å². The van der Waals surface area contributed by atoms with Crippen LogP contribution >= 0.6 is 0 Å². The fraction of sp³-hybridized carbons (Fsp3) is 0.536. The highest BCUT2D eigenvalue weighted by Crippen LogP contribution is 2.29. The van der Waals surface area contributed by atoms with Gasteiger partial charge >= 0.3 is 0 Å². The zero-order valence-electron chi connectivity index (χ0n) is 22.6. The number of aliphatic hydroxyl groups is 2. The van der Waals surface area contributed by atoms with Gasteiger partial charge < -0.3 is 29.7 Å². The van der Waals surface area contributed by atoms with Gasteiger partial charge in [0, 0.05) is 37.4 Å². The van der Waals surface area contributed by atoms with Crippen LogP contribution in [0, 0.1) is 11.8 Å². The van der Waals surface area contributed by atoms with Gasteiger partial charge in [-0.2, -0.15) is 0 Å². The van der Waals surface area contributed by atoms with Gasteiger partial charge in [0.2, 0.25) is 11.6 Å². The van der Waals surface area contributed by atoms with Crippen molar-refractivity contribution in [2.24, 2.45) is 11.8 Å². The van der Waals surface area contributed by atoms with E-state index in [9.17, 15) is 24.6 Å². The molecule has 1 amide bonds. The highest BCUT2D eigenvalue weighted by Gasteiger charge is 2.33. The molecule has 0 saturated carbocycles. The van der Waals surface area contributed by atoms with Crippen molar-refractivity contribution >= 4 is 17.5 Å². The maximum absolute atomic E-state index is 13.3. The Labute approximate surface area is 218 Å². The van der Waals surface area contributed by atoms with E-state index in [-0.39, 0.29) is 40.9 Å². The minimum Gasteiger partial charge on any atom is -0.492 e. The molecule has 0 aromatic heterocycles. The number of carbonyl (C=O) groups excluding carboxylic acids is 3. The fourth-order valence-electron chi connectivity index (χ4n) is 4.51. The number of ether oxygens (including phenoxy) is 3. The number of allylic oxidation sites excluding steroid dienone is 4. The van der Waals surface area contributed by atoms with Crippen LogP contribution in [0.3, 0.4) is 0 Å². The highest BCUT2D eigenvalue weighted by atomic mass is 16.5. The van der Waals surface area contributed by atoms with E-state index in [1.54, 1.807) is 32.1 Å². The number of fused-ring (bicyclic) bond motifs is 2. The van der Waals surface area contributed by atoms with Crippen molar-refractivity contribution in [2.75, 3.05) is 21.3 Å². The standard InChI is InChI=1S/C28H39NO8/c1-15-11-19-26(33)20(14-21(30)27(19)37-7)29-28(34)16(2)9-8-10-22(35-5)24(31)17(3)13-18(4)25(32)23(12-15)36-6/h8-10,13-15,18,22-25,31-32H,11-12H2,1-7H3,(H,29,34)/b10-8-,16-9+,17-13+/t15-,18+,22?,23+,24+,25-/m1/s1. The number of hydrogen-bond acceptors (Lipinski definition) is 8. The lowest BCUT2D eigenvalue weighted by molar-refractivity contribution is -0.120. The Kier molecular flexibility index (Phi) is 11.2. The second-order valence-corrected chi connectivity index (χ2v) is 9.68. The van der Waals surface area contributed by atoms with Gasteiger partial charge in [-0.05, 0) is 38.2 Å². The van der Waals surface area contributed by atoms with E-state index >= 15 is 0 Å². The Morgan fingerprint density at radius 2 is 1.70 bits per heavy atom. The van der Waals surface area contributed by atoms with Gasteiger partial charge in [-0.1, -0.05) is 38.2 Å². The van der Waals surface area contributed by atoms with Crippen LogP contribution in [-0.4, -0.2) is 73.4 Å². The Bertz CT molecular complexity index is 1030. The number of rotatable bonds is 3. The number of Topliss-reactive ketones (excluding diaryl/α,β-unsaturated/α-hetero) is 1. The maximum Gasteiger partial charge on any atom is 0.251 e. The zero-order chi connectivity index (χ0) is 27.9.